The van der Waals surface area contributed by atoms with Crippen molar-refractivity contribution >= 4 is 5.97 Å². The third-order valence-corrected chi connectivity index (χ3v) is 11.5. The summed E-state index contributed by atoms with van der Waals surface area (Å²) in [5.41, 5.74) is -0.114. The molecule has 6 fully saturated rings. The van der Waals surface area contributed by atoms with E-state index in [9.17, 15) is 4.79 Å². The summed E-state index contributed by atoms with van der Waals surface area (Å²) in [5, 5.41) is 0. The zero-order valence-corrected chi connectivity index (χ0v) is 19.5. The van der Waals surface area contributed by atoms with Crippen LogP contribution in [0.5, 0.6) is 0 Å². The van der Waals surface area contributed by atoms with Crippen LogP contribution >= 0.6 is 0 Å². The molecule has 168 valence electrons. The lowest BCUT2D eigenvalue weighted by molar-refractivity contribution is -0.158. The summed E-state index contributed by atoms with van der Waals surface area (Å²) in [6.07, 6.45) is 19.9. The van der Waals surface area contributed by atoms with E-state index in [1.165, 1.54) is 44.9 Å². The van der Waals surface area contributed by atoms with Gasteiger partial charge in [0.2, 0.25) is 0 Å². The predicted molar refractivity (Wildman–Crippen MR) is 120 cm³/mol. The van der Waals surface area contributed by atoms with E-state index in [0.717, 1.165) is 60.2 Å². The maximum Gasteiger partial charge on any atom is 0.309 e. The molecular weight excluding hydrogens is 368 g/mol. The van der Waals surface area contributed by atoms with Gasteiger partial charge in [-0.05, 0) is 137 Å². The molecule has 0 amide bonds. The van der Waals surface area contributed by atoms with Crippen molar-refractivity contribution < 1.29 is 9.53 Å². The van der Waals surface area contributed by atoms with Gasteiger partial charge < -0.3 is 4.74 Å². The maximum absolute atomic E-state index is 12.7. The van der Waals surface area contributed by atoms with E-state index in [0.29, 0.717) is 5.92 Å². The molecule has 10 atom stereocenters. The van der Waals surface area contributed by atoms with Gasteiger partial charge in [-0.25, -0.2) is 0 Å². The molecule has 2 heteroatoms. The van der Waals surface area contributed by atoms with Crippen LogP contribution in [-0.2, 0) is 9.53 Å². The van der Waals surface area contributed by atoms with E-state index in [-0.39, 0.29) is 17.5 Å². The van der Waals surface area contributed by atoms with Gasteiger partial charge in [0.15, 0.2) is 0 Å². The second kappa shape index (κ2) is 7.51. The minimum atomic E-state index is -0.114. The fourth-order valence-electron chi connectivity index (χ4n) is 9.65. The first-order valence-electron chi connectivity index (χ1n) is 13.8. The number of esters is 1. The molecule has 30 heavy (non-hydrogen) atoms. The molecule has 10 unspecified atom stereocenters. The molecule has 0 N–H and O–H groups in total. The van der Waals surface area contributed by atoms with Crippen LogP contribution in [0.25, 0.3) is 0 Å². The van der Waals surface area contributed by atoms with Gasteiger partial charge in [-0.3, -0.25) is 4.79 Å². The summed E-state index contributed by atoms with van der Waals surface area (Å²) < 4.78 is 5.84. The summed E-state index contributed by atoms with van der Waals surface area (Å²) in [7, 11) is 0. The highest BCUT2D eigenvalue weighted by Crippen LogP contribution is 2.61. The van der Waals surface area contributed by atoms with Gasteiger partial charge >= 0.3 is 5.97 Å². The Labute approximate surface area is 184 Å². The van der Waals surface area contributed by atoms with E-state index < -0.39 is 0 Å². The van der Waals surface area contributed by atoms with E-state index in [2.05, 4.69) is 13.8 Å². The fraction of sp³-hybridized carbons (Fsp3) is 0.964. The van der Waals surface area contributed by atoms with E-state index >= 15 is 0 Å². The van der Waals surface area contributed by atoms with Crippen molar-refractivity contribution in [1.29, 1.82) is 0 Å². The van der Waals surface area contributed by atoms with Gasteiger partial charge in [-0.1, -0.05) is 19.8 Å². The summed E-state index contributed by atoms with van der Waals surface area (Å²) in [6, 6.07) is 0. The Hall–Kier alpha value is -0.530. The third-order valence-electron chi connectivity index (χ3n) is 11.5. The van der Waals surface area contributed by atoms with E-state index in [1.54, 1.807) is 32.1 Å². The fourth-order valence-corrected chi connectivity index (χ4v) is 9.65. The largest absolute Gasteiger partial charge is 0.459 e. The Bertz CT molecular complexity index is 666. The van der Waals surface area contributed by atoms with Crippen LogP contribution in [0.3, 0.4) is 0 Å². The van der Waals surface area contributed by atoms with Gasteiger partial charge in [-0.15, -0.1) is 0 Å². The Balaban J connectivity index is 1.10. The standard InChI is InChI=1S/C28H44O2/c1-17(27(29)30-28(2)14-15-28)19-7-9-22-20(16-19)8-11-26-24(22)13-12-23-21-5-3-4-18(21)6-10-25(23)26/h17-26H,3-16H2,1-2H3. The molecule has 0 bridgehead atoms. The normalized spacial score (nSPS) is 49.7. The van der Waals surface area contributed by atoms with Gasteiger partial charge in [0.1, 0.15) is 5.60 Å². The predicted octanol–water partition coefficient (Wildman–Crippen LogP) is 7.01. The van der Waals surface area contributed by atoms with Crippen LogP contribution < -0.4 is 0 Å². The summed E-state index contributed by atoms with van der Waals surface area (Å²) in [4.78, 5) is 12.7. The first-order chi connectivity index (χ1) is 14.5. The monoisotopic (exact) mass is 412 g/mol. The Kier molecular flexibility index (Phi) is 5.04. The minimum absolute atomic E-state index is 0.0981. The molecule has 0 aromatic carbocycles. The molecule has 0 saturated heterocycles. The lowest BCUT2D eigenvalue weighted by Crippen LogP contribution is -2.49. The molecule has 0 radical (unpaired) electrons. The van der Waals surface area contributed by atoms with Crippen molar-refractivity contribution in [3.63, 3.8) is 0 Å². The second-order valence-corrected chi connectivity index (χ2v) is 12.9. The maximum atomic E-state index is 12.7. The average molecular weight is 413 g/mol. The van der Waals surface area contributed by atoms with Crippen molar-refractivity contribution in [2.24, 2.45) is 59.2 Å². The molecule has 6 saturated carbocycles. The molecule has 0 spiro atoms. The van der Waals surface area contributed by atoms with Crippen LogP contribution in [-0.4, -0.2) is 11.6 Å². The van der Waals surface area contributed by atoms with Crippen molar-refractivity contribution in [2.75, 3.05) is 0 Å². The zero-order valence-electron chi connectivity index (χ0n) is 19.5. The lowest BCUT2D eigenvalue weighted by atomic mass is 9.48. The molecule has 0 heterocycles. The SMILES string of the molecule is CC(C(=O)OC1(C)CC1)C1CCC2C(CCC3C2CCC2C4CCCC4CCC23)C1. The van der Waals surface area contributed by atoms with E-state index in [1.807, 2.05) is 0 Å². The lowest BCUT2D eigenvalue weighted by Gasteiger charge is -2.57. The smallest absolute Gasteiger partial charge is 0.309 e. The number of carbonyl (C=O) groups is 1. The quantitative estimate of drug-likeness (QED) is 0.466. The molecule has 2 nitrogen and oxygen atoms in total. The number of hydrogen-bond acceptors (Lipinski definition) is 2. The van der Waals surface area contributed by atoms with Gasteiger partial charge in [0.25, 0.3) is 0 Å². The van der Waals surface area contributed by atoms with Crippen molar-refractivity contribution in [3.8, 4) is 0 Å². The second-order valence-electron chi connectivity index (χ2n) is 12.9. The highest BCUT2D eigenvalue weighted by Gasteiger charge is 2.53. The summed E-state index contributed by atoms with van der Waals surface area (Å²) in [5.74, 6) is 9.12. The van der Waals surface area contributed by atoms with Crippen LogP contribution in [0, 0.1) is 59.2 Å². The number of fused-ring (bicyclic) bond motifs is 7. The molecule has 6 aliphatic carbocycles. The Morgan fingerprint density at radius 1 is 0.733 bits per heavy atom. The Morgan fingerprint density at radius 3 is 2.00 bits per heavy atom. The first-order valence-corrected chi connectivity index (χ1v) is 13.8. The van der Waals surface area contributed by atoms with E-state index in [4.69, 9.17) is 4.74 Å². The molecule has 6 rings (SSSR count). The van der Waals surface area contributed by atoms with Crippen molar-refractivity contribution in [2.45, 2.75) is 109 Å². The Morgan fingerprint density at radius 2 is 1.30 bits per heavy atom. The summed E-state index contributed by atoms with van der Waals surface area (Å²) >= 11 is 0. The number of hydrogen-bond donors (Lipinski definition) is 0. The van der Waals surface area contributed by atoms with Crippen LogP contribution in [0.4, 0.5) is 0 Å². The highest BCUT2D eigenvalue weighted by atomic mass is 16.6. The molecular formula is C28H44O2. The number of rotatable bonds is 3. The molecule has 0 aliphatic heterocycles. The summed E-state index contributed by atoms with van der Waals surface area (Å²) in [6.45, 7) is 4.27. The van der Waals surface area contributed by atoms with Gasteiger partial charge in [0, 0.05) is 0 Å². The molecule has 0 aromatic heterocycles. The van der Waals surface area contributed by atoms with Crippen molar-refractivity contribution in [3.05, 3.63) is 0 Å². The molecule has 0 aromatic rings. The first kappa shape index (κ1) is 20.1. The molecule has 6 aliphatic rings. The van der Waals surface area contributed by atoms with Crippen LogP contribution in [0.1, 0.15) is 104 Å². The van der Waals surface area contributed by atoms with Gasteiger partial charge in [0.05, 0.1) is 5.92 Å². The van der Waals surface area contributed by atoms with Gasteiger partial charge in [-0.2, -0.15) is 0 Å². The average Bonchev–Trinajstić information content (AvgIpc) is 3.28. The number of carbonyl (C=O) groups excluding carboxylic acids is 1. The van der Waals surface area contributed by atoms with Crippen LogP contribution in [0.15, 0.2) is 0 Å². The highest BCUT2D eigenvalue weighted by molar-refractivity contribution is 5.73. The van der Waals surface area contributed by atoms with Crippen LogP contribution in [0.2, 0.25) is 0 Å². The van der Waals surface area contributed by atoms with Crippen molar-refractivity contribution in [1.82, 2.24) is 0 Å². The zero-order chi connectivity index (χ0) is 20.5. The third kappa shape index (κ3) is 3.38. The minimum Gasteiger partial charge on any atom is -0.459 e. The number of ether oxygens (including phenoxy) is 1. The topological polar surface area (TPSA) is 26.3 Å².